The largest absolute Gasteiger partial charge is 0.417 e. The van der Waals surface area contributed by atoms with Crippen molar-refractivity contribution in [3.05, 3.63) is 29.1 Å². The number of halogens is 4. The Morgan fingerprint density at radius 2 is 2.03 bits per heavy atom. The number of pyridine rings is 1. The quantitative estimate of drug-likeness (QED) is 0.686. The molecule has 0 bridgehead atoms. The number of rotatable bonds is 3. The van der Waals surface area contributed by atoms with Crippen molar-refractivity contribution in [1.82, 2.24) is 15.2 Å². The summed E-state index contributed by atoms with van der Waals surface area (Å²) in [5, 5.41) is 3.33. The van der Waals surface area contributed by atoms with E-state index in [0.717, 1.165) is 18.7 Å². The van der Waals surface area contributed by atoms with Crippen LogP contribution in [-0.2, 0) is 28.7 Å². The van der Waals surface area contributed by atoms with Crippen LogP contribution in [0.15, 0.2) is 12.3 Å². The van der Waals surface area contributed by atoms with Gasteiger partial charge in [0.05, 0.1) is 12.2 Å². The number of nitrogens with one attached hydrogen (secondary N) is 1. The average Bonchev–Trinajstić information content (AvgIpc) is 3.22. The van der Waals surface area contributed by atoms with Gasteiger partial charge in [0.15, 0.2) is 0 Å². The van der Waals surface area contributed by atoms with Gasteiger partial charge in [0.25, 0.3) is 0 Å². The van der Waals surface area contributed by atoms with Crippen molar-refractivity contribution in [3.63, 3.8) is 0 Å². The summed E-state index contributed by atoms with van der Waals surface area (Å²) in [5.74, 6) is -0.202. The second-order valence-corrected chi connectivity index (χ2v) is 8.90. The molecule has 1 N–H and O–H groups in total. The lowest BCUT2D eigenvalue weighted by Gasteiger charge is -2.31. The van der Waals surface area contributed by atoms with E-state index in [-0.39, 0.29) is 37.1 Å². The number of fused-ring (bicyclic) bond motifs is 1. The smallest absolute Gasteiger partial charge is 0.378 e. The van der Waals surface area contributed by atoms with E-state index in [1.165, 1.54) is 6.42 Å². The number of hydrogen-bond donors (Lipinski definition) is 1. The lowest BCUT2D eigenvalue weighted by Crippen LogP contribution is -2.48. The Balaban J connectivity index is 0.000000913. The van der Waals surface area contributed by atoms with E-state index < -0.39 is 17.9 Å². The summed E-state index contributed by atoms with van der Waals surface area (Å²) < 4.78 is 58.0. The summed E-state index contributed by atoms with van der Waals surface area (Å²) in [7, 11) is 0. The van der Waals surface area contributed by atoms with E-state index >= 15 is 0 Å². The molecular formula is C23H33F4N3O2. The van der Waals surface area contributed by atoms with Crippen LogP contribution in [0.3, 0.4) is 0 Å². The van der Waals surface area contributed by atoms with Crippen molar-refractivity contribution < 1.29 is 27.1 Å². The van der Waals surface area contributed by atoms with Crippen LogP contribution < -0.4 is 5.32 Å². The van der Waals surface area contributed by atoms with Crippen LogP contribution in [0.2, 0.25) is 0 Å². The second-order valence-electron chi connectivity index (χ2n) is 8.90. The van der Waals surface area contributed by atoms with Gasteiger partial charge in [-0.3, -0.25) is 9.78 Å². The minimum Gasteiger partial charge on any atom is -0.378 e. The Morgan fingerprint density at radius 3 is 2.72 bits per heavy atom. The standard InChI is InChI=1S/C20H25F4N3O2.C3H8/c21-16-11-29-6-4-18(16)26-15-2-1-12(8-15)19(28)27-5-3-17-13(10-27)7-14(9-25-17)20(22,23)24;1-3-2/h7,9,12,15-16,18,26H,1-6,8,10-11H2;3H2,1-2H3/t12-,15?,16+,18-;/m0./s1. The Morgan fingerprint density at radius 1 is 1.28 bits per heavy atom. The number of hydrogen-bond acceptors (Lipinski definition) is 4. The molecule has 1 saturated carbocycles. The first-order valence-corrected chi connectivity index (χ1v) is 11.5. The molecular weight excluding hydrogens is 426 g/mol. The zero-order valence-corrected chi connectivity index (χ0v) is 18.8. The first-order chi connectivity index (χ1) is 15.2. The summed E-state index contributed by atoms with van der Waals surface area (Å²) in [5.41, 5.74) is 0.309. The third kappa shape index (κ3) is 6.19. The van der Waals surface area contributed by atoms with Gasteiger partial charge in [0.1, 0.15) is 6.17 Å². The lowest BCUT2D eigenvalue weighted by atomic mass is 10.00. The molecule has 3 aliphatic rings. The molecule has 1 amide bonds. The third-order valence-corrected chi connectivity index (χ3v) is 6.20. The van der Waals surface area contributed by atoms with Gasteiger partial charge < -0.3 is 15.0 Å². The molecule has 180 valence electrons. The van der Waals surface area contributed by atoms with E-state index in [2.05, 4.69) is 24.1 Å². The molecule has 5 nitrogen and oxygen atoms in total. The average molecular weight is 460 g/mol. The van der Waals surface area contributed by atoms with Crippen molar-refractivity contribution in [2.45, 2.75) is 83.3 Å². The van der Waals surface area contributed by atoms with Crippen LogP contribution in [0.25, 0.3) is 0 Å². The summed E-state index contributed by atoms with van der Waals surface area (Å²) in [6.07, 6.45) is -0.159. The summed E-state index contributed by atoms with van der Waals surface area (Å²) >= 11 is 0. The van der Waals surface area contributed by atoms with Crippen molar-refractivity contribution in [2.24, 2.45) is 5.92 Å². The molecule has 2 fully saturated rings. The maximum Gasteiger partial charge on any atom is 0.417 e. The van der Waals surface area contributed by atoms with Crippen molar-refractivity contribution >= 4 is 5.91 Å². The number of nitrogens with zero attached hydrogens (tertiary/aromatic N) is 2. The van der Waals surface area contributed by atoms with E-state index in [0.29, 0.717) is 50.1 Å². The maximum absolute atomic E-state index is 14.0. The molecule has 1 unspecified atom stereocenters. The molecule has 32 heavy (non-hydrogen) atoms. The number of ether oxygens (including phenoxy) is 1. The highest BCUT2D eigenvalue weighted by Gasteiger charge is 2.37. The van der Waals surface area contributed by atoms with Gasteiger partial charge >= 0.3 is 6.18 Å². The zero-order valence-electron chi connectivity index (χ0n) is 18.8. The van der Waals surface area contributed by atoms with Crippen molar-refractivity contribution in [1.29, 1.82) is 0 Å². The monoisotopic (exact) mass is 459 g/mol. The second kappa shape index (κ2) is 10.9. The molecule has 9 heteroatoms. The molecule has 1 saturated heterocycles. The predicted octanol–water partition coefficient (Wildman–Crippen LogP) is 4.29. The Kier molecular flexibility index (Phi) is 8.49. The fourth-order valence-electron chi connectivity index (χ4n) is 4.58. The first-order valence-electron chi connectivity index (χ1n) is 11.5. The Bertz CT molecular complexity index is 774. The Hall–Kier alpha value is -1.74. The number of carbonyl (C=O) groups excluding carboxylic acids is 1. The van der Waals surface area contributed by atoms with Crippen LogP contribution >= 0.6 is 0 Å². The molecule has 0 aromatic carbocycles. The van der Waals surface area contributed by atoms with Crippen LogP contribution in [0.5, 0.6) is 0 Å². The third-order valence-electron chi connectivity index (χ3n) is 6.20. The molecule has 3 heterocycles. The van der Waals surface area contributed by atoms with Crippen molar-refractivity contribution in [2.75, 3.05) is 19.8 Å². The fraction of sp³-hybridized carbons (Fsp3) is 0.739. The number of alkyl halides is 4. The number of carbonyl (C=O) groups is 1. The van der Waals surface area contributed by atoms with Crippen LogP contribution in [0, 0.1) is 5.92 Å². The number of aromatic nitrogens is 1. The molecule has 2 aliphatic heterocycles. The Labute approximate surface area is 186 Å². The summed E-state index contributed by atoms with van der Waals surface area (Å²) in [4.78, 5) is 18.5. The highest BCUT2D eigenvalue weighted by atomic mass is 19.4. The van der Waals surface area contributed by atoms with Gasteiger partial charge in [0, 0.05) is 56.0 Å². The van der Waals surface area contributed by atoms with Gasteiger partial charge in [-0.25, -0.2) is 4.39 Å². The normalized spacial score (nSPS) is 28.0. The van der Waals surface area contributed by atoms with Crippen LogP contribution in [0.4, 0.5) is 17.6 Å². The molecule has 4 rings (SSSR count). The van der Waals surface area contributed by atoms with Gasteiger partial charge in [-0.2, -0.15) is 13.2 Å². The van der Waals surface area contributed by atoms with Gasteiger partial charge in [0.2, 0.25) is 5.91 Å². The predicted molar refractivity (Wildman–Crippen MR) is 113 cm³/mol. The molecule has 1 aromatic rings. The maximum atomic E-state index is 14.0. The molecule has 1 aromatic heterocycles. The zero-order chi connectivity index (χ0) is 23.3. The van der Waals surface area contributed by atoms with Crippen LogP contribution in [-0.4, -0.2) is 53.8 Å². The highest BCUT2D eigenvalue weighted by Crippen LogP contribution is 2.33. The topological polar surface area (TPSA) is 54.5 Å². The van der Waals surface area contributed by atoms with E-state index in [1.807, 2.05) is 0 Å². The summed E-state index contributed by atoms with van der Waals surface area (Å²) in [6.45, 7) is 5.51. The van der Waals surface area contributed by atoms with E-state index in [4.69, 9.17) is 4.74 Å². The van der Waals surface area contributed by atoms with Gasteiger partial charge in [-0.15, -0.1) is 0 Å². The minimum atomic E-state index is -4.45. The van der Waals surface area contributed by atoms with Crippen molar-refractivity contribution in [3.8, 4) is 0 Å². The lowest BCUT2D eigenvalue weighted by molar-refractivity contribution is -0.137. The number of amides is 1. The molecule has 4 atom stereocenters. The minimum absolute atomic E-state index is 0.0267. The highest BCUT2D eigenvalue weighted by molar-refractivity contribution is 5.79. The summed E-state index contributed by atoms with van der Waals surface area (Å²) in [6, 6.07) is 0.949. The van der Waals surface area contributed by atoms with E-state index in [1.54, 1.807) is 4.90 Å². The molecule has 0 radical (unpaired) electrons. The fourth-order valence-corrected chi connectivity index (χ4v) is 4.58. The first kappa shape index (κ1) is 24.9. The van der Waals surface area contributed by atoms with Gasteiger partial charge in [-0.1, -0.05) is 20.3 Å². The molecule has 0 spiro atoms. The van der Waals surface area contributed by atoms with Crippen LogP contribution in [0.1, 0.15) is 62.8 Å². The SMILES string of the molecule is CCC.O=C([C@H]1CCC(N[C@H]2CCOC[C@H]2F)C1)N1CCc2ncc(C(F)(F)F)cc2C1. The van der Waals surface area contributed by atoms with E-state index in [9.17, 15) is 22.4 Å². The van der Waals surface area contributed by atoms with Gasteiger partial charge in [-0.05, 0) is 37.3 Å². The molecule has 1 aliphatic carbocycles.